The van der Waals surface area contributed by atoms with Crippen LogP contribution in [0.15, 0.2) is 0 Å². The van der Waals surface area contributed by atoms with Crippen LogP contribution in [0.25, 0.3) is 0 Å². The number of nitrogens with one attached hydrogen (secondary N) is 1. The van der Waals surface area contributed by atoms with Crippen LogP contribution in [0.3, 0.4) is 0 Å². The normalized spacial score (nSPS) is 22.3. The summed E-state index contributed by atoms with van der Waals surface area (Å²) in [6, 6.07) is 2.69. The summed E-state index contributed by atoms with van der Waals surface area (Å²) < 4.78 is 0. The van der Waals surface area contributed by atoms with Gasteiger partial charge in [0.1, 0.15) is 0 Å². The summed E-state index contributed by atoms with van der Waals surface area (Å²) in [7, 11) is 0. The van der Waals surface area contributed by atoms with Crippen molar-refractivity contribution in [2.45, 2.75) is 45.2 Å². The predicted molar refractivity (Wildman–Crippen MR) is 45.0 cm³/mol. The molecule has 1 saturated carbocycles. The first-order valence-corrected chi connectivity index (χ1v) is 4.38. The van der Waals surface area contributed by atoms with Gasteiger partial charge in [-0.05, 0) is 26.2 Å². The zero-order valence-corrected chi connectivity index (χ0v) is 7.30. The molecule has 11 heavy (non-hydrogen) atoms. The van der Waals surface area contributed by atoms with Crippen LogP contribution in [-0.2, 0) is 0 Å². The molecule has 1 fully saturated rings. The largest absolute Gasteiger partial charge is 0.300 e. The Hall–Kier alpha value is -0.550. The Bertz CT molecular complexity index is 155. The second-order valence-corrected chi connectivity index (χ2v) is 3.60. The molecule has 0 aromatic carbocycles. The quantitative estimate of drug-likeness (QED) is 0.665. The molecular weight excluding hydrogens is 136 g/mol. The second-order valence-electron chi connectivity index (χ2n) is 3.60. The first-order valence-electron chi connectivity index (χ1n) is 4.38. The summed E-state index contributed by atoms with van der Waals surface area (Å²) >= 11 is 0. The molecule has 0 heterocycles. The third-order valence-electron chi connectivity index (χ3n) is 2.11. The van der Waals surface area contributed by atoms with Crippen LogP contribution < -0.4 is 5.32 Å². The van der Waals surface area contributed by atoms with Crippen molar-refractivity contribution in [2.75, 3.05) is 0 Å². The molecule has 1 rings (SSSR count). The highest BCUT2D eigenvalue weighted by Gasteiger charge is 2.23. The molecule has 1 N–H and O–H groups in total. The first kappa shape index (κ1) is 8.55. The fourth-order valence-corrected chi connectivity index (χ4v) is 1.39. The maximum Gasteiger partial charge on any atom is 0.0926 e. The molecule has 0 aromatic rings. The molecule has 0 bridgehead atoms. The summed E-state index contributed by atoms with van der Waals surface area (Å²) in [5.41, 5.74) is 0. The van der Waals surface area contributed by atoms with E-state index in [0.29, 0.717) is 6.04 Å². The van der Waals surface area contributed by atoms with Crippen molar-refractivity contribution in [2.24, 2.45) is 5.92 Å². The first-order chi connectivity index (χ1) is 5.22. The van der Waals surface area contributed by atoms with E-state index in [4.69, 9.17) is 5.26 Å². The van der Waals surface area contributed by atoms with Gasteiger partial charge in [-0.2, -0.15) is 5.26 Å². The lowest BCUT2D eigenvalue weighted by Gasteiger charge is -2.14. The number of hydrogen-bond acceptors (Lipinski definition) is 2. The van der Waals surface area contributed by atoms with Crippen LogP contribution in [0, 0.1) is 17.2 Å². The van der Waals surface area contributed by atoms with Crippen molar-refractivity contribution in [3.8, 4) is 6.07 Å². The van der Waals surface area contributed by atoms with E-state index < -0.39 is 0 Å². The van der Waals surface area contributed by atoms with Gasteiger partial charge in [-0.25, -0.2) is 0 Å². The molecule has 0 amide bonds. The van der Waals surface area contributed by atoms with Gasteiger partial charge >= 0.3 is 0 Å². The minimum atomic E-state index is 0.00347. The summed E-state index contributed by atoms with van der Waals surface area (Å²) in [5, 5.41) is 11.8. The SMILES string of the molecule is CC(C#N)NC(C)CC1CC1. The molecule has 0 spiro atoms. The Morgan fingerprint density at radius 2 is 2.18 bits per heavy atom. The molecular formula is C9H16N2. The van der Waals surface area contributed by atoms with Crippen LogP contribution in [0.2, 0.25) is 0 Å². The van der Waals surface area contributed by atoms with Crippen LogP contribution >= 0.6 is 0 Å². The van der Waals surface area contributed by atoms with E-state index in [1.54, 1.807) is 0 Å². The minimum Gasteiger partial charge on any atom is -0.300 e. The van der Waals surface area contributed by atoms with Crippen LogP contribution in [-0.4, -0.2) is 12.1 Å². The molecule has 0 aliphatic heterocycles. The van der Waals surface area contributed by atoms with E-state index >= 15 is 0 Å². The Labute approximate surface area is 68.6 Å². The van der Waals surface area contributed by atoms with E-state index in [-0.39, 0.29) is 6.04 Å². The summed E-state index contributed by atoms with van der Waals surface area (Å²) in [5.74, 6) is 0.948. The topological polar surface area (TPSA) is 35.8 Å². The van der Waals surface area contributed by atoms with Crippen LogP contribution in [0.5, 0.6) is 0 Å². The van der Waals surface area contributed by atoms with Crippen molar-refractivity contribution in [3.63, 3.8) is 0 Å². The summed E-state index contributed by atoms with van der Waals surface area (Å²) in [4.78, 5) is 0. The molecule has 1 aliphatic carbocycles. The Balaban J connectivity index is 2.09. The van der Waals surface area contributed by atoms with Gasteiger partial charge in [0.05, 0.1) is 12.1 Å². The number of nitrogens with zero attached hydrogens (tertiary/aromatic N) is 1. The highest BCUT2D eigenvalue weighted by molar-refractivity contribution is 4.88. The average molecular weight is 152 g/mol. The lowest BCUT2D eigenvalue weighted by molar-refractivity contribution is 0.469. The molecule has 1 aliphatic rings. The van der Waals surface area contributed by atoms with Gasteiger partial charge in [0.2, 0.25) is 0 Å². The van der Waals surface area contributed by atoms with Gasteiger partial charge in [0.25, 0.3) is 0 Å². The number of hydrogen-bond donors (Lipinski definition) is 1. The summed E-state index contributed by atoms with van der Waals surface area (Å²) in [6.07, 6.45) is 4.03. The minimum absolute atomic E-state index is 0.00347. The van der Waals surface area contributed by atoms with Gasteiger partial charge in [-0.3, -0.25) is 5.32 Å². The number of nitriles is 1. The van der Waals surface area contributed by atoms with E-state index in [2.05, 4.69) is 18.3 Å². The fourth-order valence-electron chi connectivity index (χ4n) is 1.39. The Morgan fingerprint density at radius 3 is 2.64 bits per heavy atom. The van der Waals surface area contributed by atoms with E-state index in [1.165, 1.54) is 19.3 Å². The lowest BCUT2D eigenvalue weighted by atomic mass is 10.1. The van der Waals surface area contributed by atoms with Gasteiger partial charge in [0.15, 0.2) is 0 Å². The smallest absolute Gasteiger partial charge is 0.0926 e. The Morgan fingerprint density at radius 1 is 1.55 bits per heavy atom. The molecule has 0 radical (unpaired) electrons. The zero-order chi connectivity index (χ0) is 8.27. The standard InChI is InChI=1S/C9H16N2/c1-7(5-9-3-4-9)11-8(2)6-10/h7-9,11H,3-5H2,1-2H3. The highest BCUT2D eigenvalue weighted by atomic mass is 14.9. The average Bonchev–Trinajstić information content (AvgIpc) is 2.71. The maximum atomic E-state index is 8.52. The van der Waals surface area contributed by atoms with E-state index in [9.17, 15) is 0 Å². The molecule has 2 nitrogen and oxygen atoms in total. The van der Waals surface area contributed by atoms with E-state index in [1.807, 2.05) is 6.92 Å². The molecule has 0 aromatic heterocycles. The Kier molecular flexibility index (Phi) is 2.90. The van der Waals surface area contributed by atoms with Gasteiger partial charge in [-0.15, -0.1) is 0 Å². The van der Waals surface area contributed by atoms with Gasteiger partial charge in [0, 0.05) is 6.04 Å². The van der Waals surface area contributed by atoms with Gasteiger partial charge in [-0.1, -0.05) is 12.8 Å². The van der Waals surface area contributed by atoms with Crippen molar-refractivity contribution >= 4 is 0 Å². The fraction of sp³-hybridized carbons (Fsp3) is 0.889. The number of rotatable bonds is 4. The molecule has 2 unspecified atom stereocenters. The second kappa shape index (κ2) is 3.73. The lowest BCUT2D eigenvalue weighted by Crippen LogP contribution is -2.33. The monoisotopic (exact) mass is 152 g/mol. The van der Waals surface area contributed by atoms with Crippen molar-refractivity contribution in [1.29, 1.82) is 5.26 Å². The highest BCUT2D eigenvalue weighted by Crippen LogP contribution is 2.33. The van der Waals surface area contributed by atoms with Gasteiger partial charge < -0.3 is 0 Å². The molecule has 0 saturated heterocycles. The molecule has 62 valence electrons. The van der Waals surface area contributed by atoms with Crippen molar-refractivity contribution < 1.29 is 0 Å². The zero-order valence-electron chi connectivity index (χ0n) is 7.30. The van der Waals surface area contributed by atoms with Crippen molar-refractivity contribution in [3.05, 3.63) is 0 Å². The van der Waals surface area contributed by atoms with Crippen LogP contribution in [0.4, 0.5) is 0 Å². The molecule has 2 heteroatoms. The summed E-state index contributed by atoms with van der Waals surface area (Å²) in [6.45, 7) is 4.07. The van der Waals surface area contributed by atoms with Crippen LogP contribution in [0.1, 0.15) is 33.1 Å². The third kappa shape index (κ3) is 3.38. The third-order valence-corrected chi connectivity index (χ3v) is 2.11. The van der Waals surface area contributed by atoms with E-state index in [0.717, 1.165) is 5.92 Å². The maximum absolute atomic E-state index is 8.52. The predicted octanol–water partition coefficient (Wildman–Crippen LogP) is 1.68. The molecule has 2 atom stereocenters. The van der Waals surface area contributed by atoms with Crippen molar-refractivity contribution in [1.82, 2.24) is 5.32 Å².